The molecule has 0 fully saturated rings. The number of amides is 1. The molecule has 3 rings (SSSR count). The van der Waals surface area contributed by atoms with Gasteiger partial charge < -0.3 is 30.2 Å². The van der Waals surface area contributed by atoms with Crippen molar-refractivity contribution in [3.63, 3.8) is 0 Å². The Hall–Kier alpha value is -3.36. The van der Waals surface area contributed by atoms with Crippen molar-refractivity contribution in [2.75, 3.05) is 32.1 Å². The molecule has 2 atom stereocenters. The van der Waals surface area contributed by atoms with Gasteiger partial charge in [0, 0.05) is 44.1 Å². The summed E-state index contributed by atoms with van der Waals surface area (Å²) in [6.07, 6.45) is 4.75. The molecule has 0 aliphatic rings. The standard InChI is InChI=1S/C31H43N3O5/c1-22-11-12-24(20-23(22)2)10-6-4-9-19-39-29(28(35)31(37)38)30(36)34(3)18-8-5-7-16-32-26-14-13-25-15-17-33-27(25)21-26/h11-15,17,20-21,28-29,32-33,35H,4-10,16,18-19H2,1-3H3,(H,37,38). The van der Waals surface area contributed by atoms with E-state index in [1.807, 2.05) is 12.3 Å². The average Bonchev–Trinajstić information content (AvgIpc) is 3.39. The van der Waals surface area contributed by atoms with Gasteiger partial charge in [0.1, 0.15) is 0 Å². The van der Waals surface area contributed by atoms with Gasteiger partial charge in [-0.15, -0.1) is 0 Å². The number of aliphatic carboxylic acids is 1. The number of rotatable bonds is 17. The first-order valence-electron chi connectivity index (χ1n) is 13.9. The summed E-state index contributed by atoms with van der Waals surface area (Å²) in [6.45, 7) is 5.72. The second-order valence-electron chi connectivity index (χ2n) is 10.3. The maximum atomic E-state index is 12.9. The van der Waals surface area contributed by atoms with E-state index in [-0.39, 0.29) is 6.61 Å². The number of unbranched alkanes of at least 4 members (excludes halogenated alkanes) is 4. The molecule has 1 aromatic heterocycles. The number of aromatic nitrogens is 1. The van der Waals surface area contributed by atoms with Crippen LogP contribution in [0.15, 0.2) is 48.7 Å². The van der Waals surface area contributed by atoms with Crippen molar-refractivity contribution in [1.29, 1.82) is 0 Å². The van der Waals surface area contributed by atoms with Crippen LogP contribution in [0, 0.1) is 13.8 Å². The number of benzene rings is 2. The molecule has 0 aliphatic heterocycles. The molecule has 1 heterocycles. The van der Waals surface area contributed by atoms with Gasteiger partial charge in [0.05, 0.1) is 0 Å². The minimum atomic E-state index is -1.89. The molecule has 3 aromatic rings. The van der Waals surface area contributed by atoms with E-state index in [0.717, 1.165) is 56.3 Å². The lowest BCUT2D eigenvalue weighted by molar-refractivity contribution is -0.166. The van der Waals surface area contributed by atoms with E-state index >= 15 is 0 Å². The number of likely N-dealkylation sites (N-methyl/N-ethyl adjacent to an activating group) is 1. The zero-order valence-corrected chi connectivity index (χ0v) is 23.4. The number of H-pyrrole nitrogens is 1. The van der Waals surface area contributed by atoms with Crippen LogP contribution in [0.2, 0.25) is 0 Å². The lowest BCUT2D eigenvalue weighted by atomic mass is 10.0. The summed E-state index contributed by atoms with van der Waals surface area (Å²) in [5.41, 5.74) is 6.02. The molecule has 0 bridgehead atoms. The zero-order chi connectivity index (χ0) is 28.2. The lowest BCUT2D eigenvalue weighted by Crippen LogP contribution is -2.48. The third-order valence-corrected chi connectivity index (χ3v) is 7.19. The number of hydrogen-bond donors (Lipinski definition) is 4. The zero-order valence-electron chi connectivity index (χ0n) is 23.4. The van der Waals surface area contributed by atoms with Crippen LogP contribution in [-0.2, 0) is 20.7 Å². The highest BCUT2D eigenvalue weighted by Crippen LogP contribution is 2.18. The third-order valence-electron chi connectivity index (χ3n) is 7.19. The topological polar surface area (TPSA) is 115 Å². The number of aromatic amines is 1. The van der Waals surface area contributed by atoms with Crippen molar-refractivity contribution >= 4 is 28.5 Å². The number of fused-ring (bicyclic) bond motifs is 1. The molecule has 2 aromatic carbocycles. The molecular formula is C31H43N3O5. The van der Waals surface area contributed by atoms with Gasteiger partial charge in [-0.25, -0.2) is 4.79 Å². The average molecular weight is 538 g/mol. The van der Waals surface area contributed by atoms with E-state index in [4.69, 9.17) is 4.74 Å². The van der Waals surface area contributed by atoms with Gasteiger partial charge in [0.25, 0.3) is 5.91 Å². The van der Waals surface area contributed by atoms with Crippen molar-refractivity contribution < 1.29 is 24.5 Å². The Morgan fingerprint density at radius 2 is 1.77 bits per heavy atom. The Morgan fingerprint density at radius 3 is 2.54 bits per heavy atom. The predicted octanol–water partition coefficient (Wildman–Crippen LogP) is 5.07. The van der Waals surface area contributed by atoms with E-state index in [1.165, 1.54) is 27.0 Å². The van der Waals surface area contributed by atoms with Gasteiger partial charge in [-0.3, -0.25) is 4.79 Å². The number of carbonyl (C=O) groups excluding carboxylic acids is 1. The molecule has 0 saturated carbocycles. The van der Waals surface area contributed by atoms with E-state index in [1.54, 1.807) is 7.05 Å². The number of aliphatic hydroxyl groups is 1. The molecule has 8 heteroatoms. The van der Waals surface area contributed by atoms with Crippen LogP contribution in [0.5, 0.6) is 0 Å². The maximum absolute atomic E-state index is 12.9. The largest absolute Gasteiger partial charge is 0.479 e. The Bertz CT molecular complexity index is 1210. The maximum Gasteiger partial charge on any atom is 0.335 e. The summed E-state index contributed by atoms with van der Waals surface area (Å²) in [6, 6.07) is 14.7. The summed E-state index contributed by atoms with van der Waals surface area (Å²) in [5.74, 6) is -1.96. The molecule has 0 radical (unpaired) electrons. The smallest absolute Gasteiger partial charge is 0.335 e. The van der Waals surface area contributed by atoms with Gasteiger partial charge in [0.15, 0.2) is 12.2 Å². The fourth-order valence-corrected chi connectivity index (χ4v) is 4.57. The Morgan fingerprint density at radius 1 is 0.974 bits per heavy atom. The van der Waals surface area contributed by atoms with Crippen LogP contribution in [-0.4, -0.2) is 70.9 Å². The van der Waals surface area contributed by atoms with Crippen molar-refractivity contribution in [3.05, 3.63) is 65.4 Å². The fourth-order valence-electron chi connectivity index (χ4n) is 4.57. The predicted molar refractivity (Wildman–Crippen MR) is 155 cm³/mol. The highest BCUT2D eigenvalue weighted by atomic mass is 16.5. The third kappa shape index (κ3) is 9.41. The van der Waals surface area contributed by atoms with Gasteiger partial charge in [0.2, 0.25) is 0 Å². The van der Waals surface area contributed by atoms with Gasteiger partial charge in [-0.05, 0) is 92.6 Å². The molecular weight excluding hydrogens is 494 g/mol. The van der Waals surface area contributed by atoms with Gasteiger partial charge >= 0.3 is 5.97 Å². The molecule has 1 amide bonds. The normalized spacial score (nSPS) is 12.8. The van der Waals surface area contributed by atoms with Crippen LogP contribution in [0.1, 0.15) is 55.2 Å². The number of aliphatic hydroxyl groups excluding tert-OH is 1. The molecule has 0 saturated heterocycles. The van der Waals surface area contributed by atoms with Gasteiger partial charge in [-0.2, -0.15) is 0 Å². The van der Waals surface area contributed by atoms with Crippen LogP contribution in [0.3, 0.4) is 0 Å². The van der Waals surface area contributed by atoms with E-state index in [9.17, 15) is 19.8 Å². The highest BCUT2D eigenvalue weighted by molar-refractivity contribution is 5.87. The lowest BCUT2D eigenvalue weighted by Gasteiger charge is -2.25. The molecule has 8 nitrogen and oxygen atoms in total. The van der Waals surface area contributed by atoms with Crippen molar-refractivity contribution in [2.24, 2.45) is 0 Å². The van der Waals surface area contributed by atoms with Gasteiger partial charge in [-0.1, -0.05) is 30.7 Å². The number of ether oxygens (including phenoxy) is 1. The Labute approximate surface area is 231 Å². The summed E-state index contributed by atoms with van der Waals surface area (Å²) in [4.78, 5) is 29.0. The monoisotopic (exact) mass is 537 g/mol. The number of anilines is 1. The molecule has 4 N–H and O–H groups in total. The summed E-state index contributed by atoms with van der Waals surface area (Å²) >= 11 is 0. The van der Waals surface area contributed by atoms with E-state index < -0.39 is 24.1 Å². The summed E-state index contributed by atoms with van der Waals surface area (Å²) in [7, 11) is 1.63. The second kappa shape index (κ2) is 15.3. The van der Waals surface area contributed by atoms with E-state index in [0.29, 0.717) is 13.0 Å². The molecule has 2 unspecified atom stereocenters. The Balaban J connectivity index is 1.34. The number of carboxylic acid groups (broad SMARTS) is 1. The SMILES string of the molecule is Cc1ccc(CCCCCOC(C(=O)N(C)CCCCCNc2ccc3cc[nH]c3c2)C(O)C(=O)O)cc1C. The van der Waals surface area contributed by atoms with E-state index in [2.05, 4.69) is 60.5 Å². The minimum Gasteiger partial charge on any atom is -0.479 e. The number of aryl methyl sites for hydroxylation is 3. The first-order chi connectivity index (χ1) is 18.8. The number of nitrogens with one attached hydrogen (secondary N) is 2. The number of hydrogen-bond acceptors (Lipinski definition) is 5. The van der Waals surface area contributed by atoms with Crippen LogP contribution in [0.4, 0.5) is 5.69 Å². The van der Waals surface area contributed by atoms with Crippen molar-refractivity contribution in [3.8, 4) is 0 Å². The van der Waals surface area contributed by atoms with Crippen molar-refractivity contribution in [2.45, 2.75) is 71.0 Å². The number of nitrogens with zero attached hydrogens (tertiary/aromatic N) is 1. The summed E-state index contributed by atoms with van der Waals surface area (Å²) < 4.78 is 5.62. The molecule has 212 valence electrons. The summed E-state index contributed by atoms with van der Waals surface area (Å²) in [5, 5.41) is 24.0. The highest BCUT2D eigenvalue weighted by Gasteiger charge is 2.34. The molecule has 0 spiro atoms. The van der Waals surface area contributed by atoms with Crippen molar-refractivity contribution in [1.82, 2.24) is 9.88 Å². The number of carbonyl (C=O) groups is 2. The second-order valence-corrected chi connectivity index (χ2v) is 10.3. The quantitative estimate of drug-likeness (QED) is 0.179. The first kappa shape index (κ1) is 30.2. The van der Waals surface area contributed by atoms with Crippen LogP contribution < -0.4 is 5.32 Å². The molecule has 0 aliphatic carbocycles. The molecule has 39 heavy (non-hydrogen) atoms. The first-order valence-corrected chi connectivity index (χ1v) is 13.9. The fraction of sp³-hybridized carbons (Fsp3) is 0.484. The van der Waals surface area contributed by atoms with Crippen LogP contribution >= 0.6 is 0 Å². The number of carboxylic acids is 1. The Kier molecular flexibility index (Phi) is 11.8. The minimum absolute atomic E-state index is 0.224. The van der Waals surface area contributed by atoms with Crippen LogP contribution in [0.25, 0.3) is 10.9 Å².